The Morgan fingerprint density at radius 3 is 2.35 bits per heavy atom. The molecule has 1 N–H and O–H groups in total. The number of anilines is 1. The van der Waals surface area contributed by atoms with Gasteiger partial charge >= 0.3 is 0 Å². The van der Waals surface area contributed by atoms with Crippen LogP contribution in [0, 0.1) is 0 Å². The molecule has 0 aliphatic heterocycles. The number of methoxy groups -OCH3 is 1. The average Bonchev–Trinajstić information content (AvgIpc) is 2.74. The molecule has 0 heterocycles. The summed E-state index contributed by atoms with van der Waals surface area (Å²) < 4.78 is 31.9. The molecule has 1 atom stereocenters. The van der Waals surface area contributed by atoms with Gasteiger partial charge in [-0.05, 0) is 48.9 Å². The van der Waals surface area contributed by atoms with E-state index in [1.807, 2.05) is 6.07 Å². The summed E-state index contributed by atoms with van der Waals surface area (Å²) in [6.45, 7) is 1.27. The van der Waals surface area contributed by atoms with E-state index in [-0.39, 0.29) is 12.5 Å². The van der Waals surface area contributed by atoms with Gasteiger partial charge in [0, 0.05) is 18.1 Å². The van der Waals surface area contributed by atoms with Crippen LogP contribution in [0.15, 0.2) is 53.0 Å². The molecule has 10 heteroatoms. The number of hydrogen-bond donors (Lipinski definition) is 1. The maximum absolute atomic E-state index is 13.3. The molecular weight excluding hydrogens is 486 g/mol. The maximum Gasteiger partial charge on any atom is 0.244 e. The summed E-state index contributed by atoms with van der Waals surface area (Å²) in [5.41, 5.74) is 1.10. The number of amides is 2. The minimum atomic E-state index is -3.74. The highest BCUT2D eigenvalue weighted by molar-refractivity contribution is 9.10. The summed E-state index contributed by atoms with van der Waals surface area (Å²) in [6.07, 6.45) is 1.04. The Bertz CT molecular complexity index is 1030. The lowest BCUT2D eigenvalue weighted by molar-refractivity contribution is -0.139. The molecule has 2 aromatic carbocycles. The van der Waals surface area contributed by atoms with Gasteiger partial charge in [0.2, 0.25) is 21.8 Å². The van der Waals surface area contributed by atoms with Crippen LogP contribution in [0.1, 0.15) is 12.5 Å². The molecule has 2 rings (SSSR count). The van der Waals surface area contributed by atoms with Crippen molar-refractivity contribution in [2.24, 2.45) is 0 Å². The number of halogens is 1. The highest BCUT2D eigenvalue weighted by Crippen LogP contribution is 2.22. The molecule has 0 aromatic heterocycles. The first-order valence-electron chi connectivity index (χ1n) is 9.44. The van der Waals surface area contributed by atoms with Crippen molar-refractivity contribution >= 4 is 43.5 Å². The number of rotatable bonds is 9. The van der Waals surface area contributed by atoms with Gasteiger partial charge in [0.1, 0.15) is 18.3 Å². The second kappa shape index (κ2) is 10.6. The van der Waals surface area contributed by atoms with Crippen molar-refractivity contribution in [3.05, 3.63) is 58.6 Å². The third-order valence-corrected chi connectivity index (χ3v) is 6.36. The molecule has 0 spiro atoms. The summed E-state index contributed by atoms with van der Waals surface area (Å²) in [6, 6.07) is 12.9. The molecule has 0 radical (unpaired) electrons. The smallest absolute Gasteiger partial charge is 0.244 e. The molecule has 0 aliphatic carbocycles. The predicted octanol–water partition coefficient (Wildman–Crippen LogP) is 2.39. The second-order valence-corrected chi connectivity index (χ2v) is 9.73. The standard InChI is InChI=1S/C21H26BrN3O5S/c1-15(21(27)23-2)24(13-16-6-5-7-19(12-16)30-3)20(26)14-25(31(4,28)29)18-10-8-17(22)9-11-18/h5-12,15H,13-14H2,1-4H3,(H,23,27)/t15-/m1/s1. The highest BCUT2D eigenvalue weighted by atomic mass is 79.9. The van der Waals surface area contributed by atoms with Crippen molar-refractivity contribution in [3.8, 4) is 5.75 Å². The van der Waals surface area contributed by atoms with Crippen LogP contribution >= 0.6 is 15.9 Å². The third-order valence-electron chi connectivity index (χ3n) is 4.69. The fourth-order valence-corrected chi connectivity index (χ4v) is 4.09. The first-order chi connectivity index (χ1) is 14.6. The van der Waals surface area contributed by atoms with Crippen molar-refractivity contribution in [2.75, 3.05) is 31.3 Å². The van der Waals surface area contributed by atoms with E-state index in [1.54, 1.807) is 49.4 Å². The van der Waals surface area contributed by atoms with Crippen molar-refractivity contribution < 1.29 is 22.7 Å². The van der Waals surface area contributed by atoms with Crippen molar-refractivity contribution in [1.82, 2.24) is 10.2 Å². The summed E-state index contributed by atoms with van der Waals surface area (Å²) in [5, 5.41) is 2.54. The Labute approximate surface area is 191 Å². The number of likely N-dealkylation sites (N-methyl/N-ethyl adjacent to an activating group) is 1. The summed E-state index contributed by atoms with van der Waals surface area (Å²) in [4.78, 5) is 26.9. The van der Waals surface area contributed by atoms with Gasteiger partial charge in [0.15, 0.2) is 0 Å². The zero-order valence-corrected chi connectivity index (χ0v) is 20.2. The summed E-state index contributed by atoms with van der Waals surface area (Å²) >= 11 is 3.31. The Morgan fingerprint density at radius 1 is 1.16 bits per heavy atom. The van der Waals surface area contributed by atoms with Gasteiger partial charge in [-0.3, -0.25) is 13.9 Å². The fourth-order valence-electron chi connectivity index (χ4n) is 2.98. The van der Waals surface area contributed by atoms with Gasteiger partial charge in [-0.2, -0.15) is 0 Å². The molecule has 0 bridgehead atoms. The van der Waals surface area contributed by atoms with E-state index in [4.69, 9.17) is 4.74 Å². The van der Waals surface area contributed by atoms with Crippen LogP contribution in [-0.2, 0) is 26.2 Å². The van der Waals surface area contributed by atoms with Gasteiger partial charge in [0.25, 0.3) is 0 Å². The van der Waals surface area contributed by atoms with E-state index >= 15 is 0 Å². The molecule has 2 amide bonds. The van der Waals surface area contributed by atoms with Gasteiger partial charge in [-0.15, -0.1) is 0 Å². The Kier molecular flexibility index (Phi) is 8.46. The first-order valence-corrected chi connectivity index (χ1v) is 12.1. The SMILES string of the molecule is CNC(=O)[C@@H](C)N(Cc1cccc(OC)c1)C(=O)CN(c1ccc(Br)cc1)S(C)(=O)=O. The number of nitrogens with one attached hydrogen (secondary N) is 1. The molecule has 31 heavy (non-hydrogen) atoms. The molecule has 2 aromatic rings. The summed E-state index contributed by atoms with van der Waals surface area (Å²) in [7, 11) is -0.722. The minimum Gasteiger partial charge on any atom is -0.497 e. The Morgan fingerprint density at radius 2 is 1.81 bits per heavy atom. The normalized spacial score (nSPS) is 12.0. The molecule has 8 nitrogen and oxygen atoms in total. The van der Waals surface area contributed by atoms with E-state index in [9.17, 15) is 18.0 Å². The fraction of sp³-hybridized carbons (Fsp3) is 0.333. The monoisotopic (exact) mass is 511 g/mol. The largest absolute Gasteiger partial charge is 0.497 e. The van der Waals surface area contributed by atoms with Crippen molar-refractivity contribution in [1.29, 1.82) is 0 Å². The van der Waals surface area contributed by atoms with Crippen LogP contribution in [0.4, 0.5) is 5.69 Å². The van der Waals surface area contributed by atoms with Crippen LogP contribution < -0.4 is 14.4 Å². The lowest BCUT2D eigenvalue weighted by Crippen LogP contribution is -2.50. The van der Waals surface area contributed by atoms with E-state index in [1.165, 1.54) is 19.1 Å². The van der Waals surface area contributed by atoms with Gasteiger partial charge in [0.05, 0.1) is 19.1 Å². The third kappa shape index (κ3) is 6.70. The minimum absolute atomic E-state index is 0.114. The molecule has 0 saturated carbocycles. The highest BCUT2D eigenvalue weighted by Gasteiger charge is 2.29. The number of carbonyl (C=O) groups excluding carboxylic acids is 2. The first kappa shape index (κ1) is 24.7. The van der Waals surface area contributed by atoms with Gasteiger partial charge < -0.3 is 15.0 Å². The van der Waals surface area contributed by atoms with E-state index in [0.29, 0.717) is 11.4 Å². The van der Waals surface area contributed by atoms with Crippen LogP contribution in [-0.4, -0.2) is 58.1 Å². The second-order valence-electron chi connectivity index (χ2n) is 6.91. The number of carbonyl (C=O) groups is 2. The quantitative estimate of drug-likeness (QED) is 0.557. The van der Waals surface area contributed by atoms with Gasteiger partial charge in [-0.1, -0.05) is 28.1 Å². The number of hydrogen-bond acceptors (Lipinski definition) is 5. The van der Waals surface area contributed by atoms with Crippen molar-refractivity contribution in [2.45, 2.75) is 19.5 Å². The Balaban J connectivity index is 2.37. The van der Waals surface area contributed by atoms with Crippen LogP contribution in [0.25, 0.3) is 0 Å². The Hall–Kier alpha value is -2.59. The average molecular weight is 512 g/mol. The van der Waals surface area contributed by atoms with Gasteiger partial charge in [-0.25, -0.2) is 8.42 Å². The predicted molar refractivity (Wildman–Crippen MR) is 123 cm³/mol. The molecule has 0 aliphatic rings. The van der Waals surface area contributed by atoms with E-state index < -0.39 is 28.5 Å². The van der Waals surface area contributed by atoms with E-state index in [2.05, 4.69) is 21.2 Å². The molecule has 168 valence electrons. The topological polar surface area (TPSA) is 96.0 Å². The zero-order valence-electron chi connectivity index (χ0n) is 17.8. The number of sulfonamides is 1. The summed E-state index contributed by atoms with van der Waals surface area (Å²) in [5.74, 6) is -0.247. The lowest BCUT2D eigenvalue weighted by Gasteiger charge is -2.31. The number of benzene rings is 2. The molecular formula is C21H26BrN3O5S. The molecule has 0 saturated heterocycles. The van der Waals surface area contributed by atoms with Crippen LogP contribution in [0.2, 0.25) is 0 Å². The maximum atomic E-state index is 13.3. The van der Waals surface area contributed by atoms with E-state index in [0.717, 1.165) is 20.6 Å². The van der Waals surface area contributed by atoms with Crippen LogP contribution in [0.5, 0.6) is 5.75 Å². The molecule has 0 fully saturated rings. The zero-order chi connectivity index (χ0) is 23.2. The number of nitrogens with zero attached hydrogens (tertiary/aromatic N) is 2. The lowest BCUT2D eigenvalue weighted by atomic mass is 10.1. The molecule has 0 unspecified atom stereocenters. The van der Waals surface area contributed by atoms with Crippen LogP contribution in [0.3, 0.4) is 0 Å². The van der Waals surface area contributed by atoms with Crippen molar-refractivity contribution in [3.63, 3.8) is 0 Å². The number of ether oxygens (including phenoxy) is 1.